The number of nitrogens with zero attached hydrogens (tertiary/aromatic N) is 4. The van der Waals surface area contributed by atoms with Crippen molar-refractivity contribution in [2.75, 3.05) is 39.5 Å². The van der Waals surface area contributed by atoms with Crippen LogP contribution in [-0.4, -0.2) is 206 Å². The molecule has 6 heterocycles. The van der Waals surface area contributed by atoms with Crippen LogP contribution in [0.4, 0.5) is 18.4 Å². The first-order valence-corrected chi connectivity index (χ1v) is 42.0. The average Bonchev–Trinajstić information content (AvgIpc) is 1.58. The van der Waals surface area contributed by atoms with Crippen LogP contribution in [0, 0.1) is 35.3 Å². The number of nitrogens with one attached hydrogen (secondary N) is 4. The first-order chi connectivity index (χ1) is 51.2. The van der Waals surface area contributed by atoms with E-state index in [9.17, 15) is 82.0 Å². The number of hydrogen-bond acceptors (Lipinski definition) is 22. The minimum absolute atomic E-state index is 0.000860. The zero-order chi connectivity index (χ0) is 78.9. The second-order valence-electron chi connectivity index (χ2n) is 32.2. The van der Waals surface area contributed by atoms with Crippen LogP contribution in [0.1, 0.15) is 179 Å². The highest BCUT2D eigenvalue weighted by Gasteiger charge is 2.64. The highest BCUT2D eigenvalue weighted by atomic mass is 32.2. The number of ether oxygens (including phenoxy) is 6. The summed E-state index contributed by atoms with van der Waals surface area (Å²) in [6.45, 7) is 11.1. The van der Waals surface area contributed by atoms with Crippen LogP contribution < -0.4 is 25.2 Å². The number of primary sulfonamides is 1. The second-order valence-corrected chi connectivity index (χ2v) is 38.0. The van der Waals surface area contributed by atoms with Gasteiger partial charge in [-0.3, -0.25) is 57.6 Å². The molecular formula is C73H99F2N9O22S3. The molecule has 8 amide bonds. The molecule has 6 N–H and O–H groups in total. The van der Waals surface area contributed by atoms with Gasteiger partial charge in [0.2, 0.25) is 53.7 Å². The predicted molar refractivity (Wildman–Crippen MR) is 383 cm³/mol. The Labute approximate surface area is 632 Å². The van der Waals surface area contributed by atoms with Crippen molar-refractivity contribution in [3.05, 3.63) is 82.4 Å². The zero-order valence-electron chi connectivity index (χ0n) is 62.1. The summed E-state index contributed by atoms with van der Waals surface area (Å²) >= 11 is 0. The summed E-state index contributed by atoms with van der Waals surface area (Å²) in [6.07, 6.45) is 5.59. The second kappa shape index (κ2) is 32.8. The highest BCUT2D eigenvalue weighted by Crippen LogP contribution is 2.49. The fourth-order valence-corrected chi connectivity index (χ4v) is 18.2. The van der Waals surface area contributed by atoms with Crippen molar-refractivity contribution in [3.8, 4) is 0 Å². The van der Waals surface area contributed by atoms with Gasteiger partial charge in [0.25, 0.3) is 11.8 Å². The van der Waals surface area contributed by atoms with E-state index in [4.69, 9.17) is 33.6 Å². The van der Waals surface area contributed by atoms with Crippen molar-refractivity contribution in [1.82, 2.24) is 39.7 Å². The Bertz CT molecular complexity index is 4260. The lowest BCUT2D eigenvalue weighted by atomic mass is 9.99. The van der Waals surface area contributed by atoms with Crippen LogP contribution in [0.5, 0.6) is 0 Å². The fraction of sp³-hybridized carbons (Fsp3) is 0.671. The molecule has 3 saturated heterocycles. The summed E-state index contributed by atoms with van der Waals surface area (Å²) in [6, 6.07) is 6.76. The maximum atomic E-state index is 14.4. The quantitative estimate of drug-likeness (QED) is 0.104. The van der Waals surface area contributed by atoms with Crippen molar-refractivity contribution >= 4 is 89.6 Å². The highest BCUT2D eigenvalue weighted by molar-refractivity contribution is 7.91. The fourth-order valence-electron chi connectivity index (χ4n) is 14.6. The van der Waals surface area contributed by atoms with Crippen molar-refractivity contribution in [1.29, 1.82) is 0 Å². The SMILES string of the molecule is CC(C)(C)OC(=O)C[C@H]1CCOCC/C=C\[C@@H]2C[C@@]2(C(=O)NS(=O)(=O)C2CC2)NC(=O)[C@@H]2C[C@@H](OC(=O)N3Cc4cccc(F)c4C3)CN2C1=O.CC(C)(C)OC(=O)C[C@H]1CCOCCCC[C@@H]2C[C@@]2(C(=O)NS(=O)(=O)C2CC2)NC(=O)[C@@H]2C[C@@H](OC(=O)N3Cc4cccc(F)c4C3)CN2C1=O.NS(=O)(=O)C1CC1. The third kappa shape index (κ3) is 20.8. The molecule has 0 bridgehead atoms. The number of carbonyl (C=O) groups is 10. The molecule has 11 aliphatic rings. The van der Waals surface area contributed by atoms with Gasteiger partial charge in [0.1, 0.15) is 58.2 Å². The van der Waals surface area contributed by atoms with Gasteiger partial charge in [-0.1, -0.05) is 42.8 Å². The summed E-state index contributed by atoms with van der Waals surface area (Å²) < 4.78 is 139. The molecule has 2 aromatic rings. The molecule has 36 heteroatoms. The molecule has 109 heavy (non-hydrogen) atoms. The molecule has 13 rings (SSSR count). The molecule has 31 nitrogen and oxygen atoms in total. The third-order valence-electron chi connectivity index (χ3n) is 21.1. The largest absolute Gasteiger partial charge is 0.460 e. The summed E-state index contributed by atoms with van der Waals surface area (Å²) in [4.78, 5) is 142. The zero-order valence-corrected chi connectivity index (χ0v) is 64.5. The van der Waals surface area contributed by atoms with Gasteiger partial charge in [-0.25, -0.2) is 48.8 Å². The maximum Gasteiger partial charge on any atom is 0.410 e. The maximum absolute atomic E-state index is 14.4. The van der Waals surface area contributed by atoms with E-state index in [1.54, 1.807) is 78.0 Å². The lowest BCUT2D eigenvalue weighted by Gasteiger charge is -2.30. The molecular weight excluding hydrogens is 1490 g/mol. The number of carbonyl (C=O) groups excluding carboxylic acids is 10. The summed E-state index contributed by atoms with van der Waals surface area (Å²) in [7, 11) is -11.0. The number of fused-ring (bicyclic) bond motifs is 6. The minimum Gasteiger partial charge on any atom is -0.460 e. The number of esters is 2. The molecule has 5 aliphatic carbocycles. The first kappa shape index (κ1) is 82.0. The molecule has 2 aromatic carbocycles. The van der Waals surface area contributed by atoms with E-state index in [0.29, 0.717) is 80.2 Å². The number of benzene rings is 2. The standard InChI is InChI=1S/C35H47FN4O10S.C35H45FN4O10S.C3H7NO2S/c2*1-34(2,3)50-29(41)15-21-12-14-48-13-5-4-8-23-17-35(23,32(44)38-51(46,47)25-10-11-25)37-30(42)28-16-24(19-40(28)31(21)43)49-33(45)39-18-22-7-6-9-27(36)26(22)20-39;4-7(5,6)3-1-2-3/h6-7,9,21,23-25,28H,4-5,8,10-20H2,1-3H3,(H,37,42)(H,38,44);4,6-9,21,23-25,28H,5,10-20H2,1-3H3,(H,37,42)(H,38,44);3H,1-2H2,(H2,4,5,6)/b;8-4-;/t2*21-,23-,24-,28+,35-;/m11./s1. The monoisotopic (exact) mass is 1590 g/mol. The summed E-state index contributed by atoms with van der Waals surface area (Å²) in [5, 5.41) is 8.79. The average molecular weight is 1590 g/mol. The molecule has 0 radical (unpaired) electrons. The first-order valence-electron chi connectivity index (χ1n) is 37.3. The normalized spacial score (nSPS) is 28.4. The van der Waals surface area contributed by atoms with E-state index < -0.39 is 176 Å². The Balaban J connectivity index is 0.000000198. The Morgan fingerprint density at radius 2 is 1.01 bits per heavy atom. The minimum atomic E-state index is -3.93. The van der Waals surface area contributed by atoms with Gasteiger partial charge in [-0.2, -0.15) is 0 Å². The third-order valence-corrected chi connectivity index (χ3v) is 26.1. The predicted octanol–water partition coefficient (Wildman–Crippen LogP) is 4.55. The number of rotatable bonds is 13. The molecule has 10 atom stereocenters. The molecule has 8 fully saturated rings. The van der Waals surface area contributed by atoms with E-state index >= 15 is 0 Å². The Hall–Kier alpha value is -7.93. The Kier molecular flexibility index (Phi) is 24.7. The molecule has 0 unspecified atom stereocenters. The molecule has 5 saturated carbocycles. The molecule has 600 valence electrons. The van der Waals surface area contributed by atoms with E-state index in [2.05, 4.69) is 20.1 Å². The van der Waals surface area contributed by atoms with Crippen molar-refractivity contribution in [2.45, 2.75) is 246 Å². The van der Waals surface area contributed by atoms with Gasteiger partial charge in [0, 0.05) is 62.8 Å². The number of hydrogen-bond donors (Lipinski definition) is 5. The van der Waals surface area contributed by atoms with Crippen LogP contribution >= 0.6 is 0 Å². The van der Waals surface area contributed by atoms with Gasteiger partial charge >= 0.3 is 24.1 Å². The Morgan fingerprint density at radius 1 is 0.569 bits per heavy atom. The van der Waals surface area contributed by atoms with E-state index in [1.807, 2.05) is 0 Å². The van der Waals surface area contributed by atoms with Crippen LogP contribution in [0.15, 0.2) is 48.6 Å². The summed E-state index contributed by atoms with van der Waals surface area (Å²) in [5.41, 5.74) is -2.61. The van der Waals surface area contributed by atoms with Crippen molar-refractivity contribution in [2.24, 2.45) is 28.8 Å². The summed E-state index contributed by atoms with van der Waals surface area (Å²) in [5.74, 6) is -9.01. The number of nitrogens with two attached hydrogens (primary N) is 1. The van der Waals surface area contributed by atoms with E-state index in [-0.39, 0.29) is 122 Å². The molecule has 6 aliphatic heterocycles. The van der Waals surface area contributed by atoms with Gasteiger partial charge in [-0.15, -0.1) is 0 Å². The van der Waals surface area contributed by atoms with Crippen molar-refractivity contribution in [3.63, 3.8) is 0 Å². The van der Waals surface area contributed by atoms with Crippen molar-refractivity contribution < 1.29 is 110 Å². The lowest BCUT2D eigenvalue weighted by molar-refractivity contribution is -0.159. The van der Waals surface area contributed by atoms with E-state index in [0.717, 1.165) is 12.8 Å². The molecule has 0 spiro atoms. The van der Waals surface area contributed by atoms with Crippen LogP contribution in [0.2, 0.25) is 0 Å². The Morgan fingerprint density at radius 3 is 1.43 bits per heavy atom. The smallest absolute Gasteiger partial charge is 0.410 e. The van der Waals surface area contributed by atoms with Gasteiger partial charge < -0.3 is 48.9 Å². The van der Waals surface area contributed by atoms with Gasteiger partial charge in [0.05, 0.1) is 73.2 Å². The lowest BCUT2D eigenvalue weighted by Crippen LogP contribution is -2.57. The van der Waals surface area contributed by atoms with E-state index in [1.165, 1.54) is 31.7 Å². The number of amides is 8. The van der Waals surface area contributed by atoms with Crippen LogP contribution in [0.25, 0.3) is 0 Å². The number of halogens is 2. The topological polar surface area (TPSA) is 416 Å². The number of sulfonamides is 3. The van der Waals surface area contributed by atoms with Gasteiger partial charge in [-0.05, 0) is 154 Å². The molecule has 0 aromatic heterocycles. The van der Waals surface area contributed by atoms with Gasteiger partial charge in [0.15, 0.2) is 0 Å². The van der Waals surface area contributed by atoms with Crippen LogP contribution in [0.3, 0.4) is 0 Å². The van der Waals surface area contributed by atoms with Crippen LogP contribution in [-0.2, 0) is 123 Å².